The van der Waals surface area contributed by atoms with Gasteiger partial charge in [0.25, 0.3) is 0 Å². The van der Waals surface area contributed by atoms with E-state index in [1.54, 1.807) is 6.08 Å². The quantitative estimate of drug-likeness (QED) is 0.569. The van der Waals surface area contributed by atoms with Crippen molar-refractivity contribution in [2.75, 3.05) is 17.7 Å². The van der Waals surface area contributed by atoms with Gasteiger partial charge in [-0.05, 0) is 53.0 Å². The third kappa shape index (κ3) is 4.74. The van der Waals surface area contributed by atoms with Gasteiger partial charge in [0.1, 0.15) is 0 Å². The monoisotopic (exact) mass is 330 g/mol. The molecule has 0 atom stereocenters. The molecule has 0 spiro atoms. The zero-order chi connectivity index (χ0) is 18.2. The molecule has 2 N–H and O–H groups in total. The van der Waals surface area contributed by atoms with Gasteiger partial charge in [-0.15, -0.1) is 0 Å². The summed E-state index contributed by atoms with van der Waals surface area (Å²) in [5, 5.41) is 6.61. The average molecular weight is 330 g/mol. The highest BCUT2D eigenvalue weighted by Gasteiger charge is 2.04. The zero-order valence-electron chi connectivity index (χ0n) is 15.1. The number of nitrogens with one attached hydrogen (secondary N) is 2. The van der Waals surface area contributed by atoms with Crippen LogP contribution in [0.4, 0.5) is 11.4 Å². The molecule has 0 aliphatic heterocycles. The summed E-state index contributed by atoms with van der Waals surface area (Å²) in [6, 6.07) is 14.6. The third-order valence-corrected chi connectivity index (χ3v) is 4.11. The number of anilines is 2. The number of allylic oxidation sites excluding steroid dienone is 3. The molecule has 0 saturated carbocycles. The molecular weight excluding hydrogens is 304 g/mol. The molecule has 128 valence electrons. The van der Waals surface area contributed by atoms with Crippen LogP contribution in [0.5, 0.6) is 0 Å². The van der Waals surface area contributed by atoms with E-state index in [1.807, 2.05) is 37.4 Å². The Kier molecular flexibility index (Phi) is 6.41. The highest BCUT2D eigenvalue weighted by molar-refractivity contribution is 5.78. The first-order valence-electron chi connectivity index (χ1n) is 8.44. The van der Waals surface area contributed by atoms with Crippen LogP contribution in [0, 0.1) is 0 Å². The maximum atomic E-state index is 4.19. The van der Waals surface area contributed by atoms with Crippen LogP contribution in [0.25, 0.3) is 11.6 Å². The van der Waals surface area contributed by atoms with Crippen LogP contribution in [0.15, 0.2) is 80.1 Å². The van der Waals surface area contributed by atoms with Gasteiger partial charge in [-0.25, -0.2) is 0 Å². The van der Waals surface area contributed by atoms with E-state index in [0.717, 1.165) is 40.2 Å². The van der Waals surface area contributed by atoms with Gasteiger partial charge < -0.3 is 10.6 Å². The molecule has 2 heteroatoms. The van der Waals surface area contributed by atoms with E-state index in [1.165, 1.54) is 5.56 Å². The first-order chi connectivity index (χ1) is 12.1. The number of benzene rings is 2. The standard InChI is InChI=1S/C23H26N2/c1-6-18-9-12-20(13-10-18)17(4)15-21(8-3)25-22-14-11-19(7-2)16-23(22)24-5/h7-16,24-25H,2-4,6H2,1,5H3/b21-15-. The molecular formula is C23H26N2. The molecule has 2 nitrogen and oxygen atoms in total. The van der Waals surface area contributed by atoms with Gasteiger partial charge in [0, 0.05) is 12.7 Å². The minimum atomic E-state index is 0.896. The molecule has 0 aromatic heterocycles. The molecule has 2 aromatic rings. The van der Waals surface area contributed by atoms with Crippen molar-refractivity contribution < 1.29 is 0 Å². The topological polar surface area (TPSA) is 24.1 Å². The normalized spacial score (nSPS) is 10.9. The summed E-state index contributed by atoms with van der Waals surface area (Å²) in [7, 11) is 1.90. The predicted octanol–water partition coefficient (Wildman–Crippen LogP) is 6.13. The fourth-order valence-electron chi connectivity index (χ4n) is 2.53. The lowest BCUT2D eigenvalue weighted by Crippen LogP contribution is -2.01. The lowest BCUT2D eigenvalue weighted by Gasteiger charge is -2.14. The molecule has 0 heterocycles. The summed E-state index contributed by atoms with van der Waals surface area (Å²) in [6.45, 7) is 14.1. The summed E-state index contributed by atoms with van der Waals surface area (Å²) >= 11 is 0. The summed E-state index contributed by atoms with van der Waals surface area (Å²) < 4.78 is 0. The highest BCUT2D eigenvalue weighted by Crippen LogP contribution is 2.26. The molecule has 0 aliphatic rings. The first kappa shape index (κ1) is 18.3. The SMILES string of the molecule is C=C/C(=C/C(=C)c1ccc(CC)cc1)Nc1ccc(C=C)cc1NC. The maximum absolute atomic E-state index is 4.19. The van der Waals surface area contributed by atoms with Gasteiger partial charge in [0.2, 0.25) is 0 Å². The van der Waals surface area contributed by atoms with Crippen LogP contribution >= 0.6 is 0 Å². The summed E-state index contributed by atoms with van der Waals surface area (Å²) in [5.74, 6) is 0. The van der Waals surface area contributed by atoms with Crippen molar-refractivity contribution in [3.05, 3.63) is 96.7 Å². The van der Waals surface area contributed by atoms with Gasteiger partial charge in [-0.1, -0.05) is 63.1 Å². The molecule has 0 bridgehead atoms. The van der Waals surface area contributed by atoms with E-state index < -0.39 is 0 Å². The lowest BCUT2D eigenvalue weighted by atomic mass is 10.0. The van der Waals surface area contributed by atoms with Crippen LogP contribution in [0.3, 0.4) is 0 Å². The van der Waals surface area contributed by atoms with E-state index in [2.05, 4.69) is 61.6 Å². The van der Waals surface area contributed by atoms with Crippen molar-refractivity contribution in [1.29, 1.82) is 0 Å². The van der Waals surface area contributed by atoms with E-state index in [9.17, 15) is 0 Å². The van der Waals surface area contributed by atoms with Crippen molar-refractivity contribution >= 4 is 23.0 Å². The second-order valence-corrected chi connectivity index (χ2v) is 5.76. The van der Waals surface area contributed by atoms with E-state index in [0.29, 0.717) is 0 Å². The largest absolute Gasteiger partial charge is 0.386 e. The van der Waals surface area contributed by atoms with E-state index in [-0.39, 0.29) is 0 Å². The fraction of sp³-hybridized carbons (Fsp3) is 0.130. The average Bonchev–Trinajstić information content (AvgIpc) is 2.67. The Morgan fingerprint density at radius 1 is 1.04 bits per heavy atom. The van der Waals surface area contributed by atoms with Crippen molar-refractivity contribution in [2.24, 2.45) is 0 Å². The third-order valence-electron chi connectivity index (χ3n) is 4.11. The molecule has 0 amide bonds. The van der Waals surface area contributed by atoms with Crippen LogP contribution in [-0.4, -0.2) is 7.05 Å². The number of hydrogen-bond acceptors (Lipinski definition) is 2. The summed E-state index contributed by atoms with van der Waals surface area (Å²) in [5.41, 5.74) is 7.32. The Morgan fingerprint density at radius 3 is 2.32 bits per heavy atom. The Labute approximate surface area is 151 Å². The van der Waals surface area contributed by atoms with E-state index >= 15 is 0 Å². The Hall–Kier alpha value is -3.00. The second-order valence-electron chi connectivity index (χ2n) is 5.76. The fourth-order valence-corrected chi connectivity index (χ4v) is 2.53. The molecule has 2 aromatic carbocycles. The predicted molar refractivity (Wildman–Crippen MR) is 113 cm³/mol. The molecule has 25 heavy (non-hydrogen) atoms. The van der Waals surface area contributed by atoms with Crippen molar-refractivity contribution in [1.82, 2.24) is 0 Å². The molecule has 0 unspecified atom stereocenters. The smallest absolute Gasteiger partial charge is 0.0620 e. The summed E-state index contributed by atoms with van der Waals surface area (Å²) in [4.78, 5) is 0. The van der Waals surface area contributed by atoms with Gasteiger partial charge in [-0.2, -0.15) is 0 Å². The van der Waals surface area contributed by atoms with Gasteiger partial charge >= 0.3 is 0 Å². The van der Waals surface area contributed by atoms with Gasteiger partial charge in [-0.3, -0.25) is 0 Å². The molecule has 0 saturated heterocycles. The minimum absolute atomic E-state index is 0.896. The van der Waals surface area contributed by atoms with Gasteiger partial charge in [0.15, 0.2) is 0 Å². The number of rotatable bonds is 8. The van der Waals surface area contributed by atoms with Gasteiger partial charge in [0.05, 0.1) is 11.4 Å². The maximum Gasteiger partial charge on any atom is 0.0620 e. The van der Waals surface area contributed by atoms with Crippen LogP contribution in [0.2, 0.25) is 0 Å². The number of hydrogen-bond donors (Lipinski definition) is 2. The van der Waals surface area contributed by atoms with Crippen molar-refractivity contribution in [3.8, 4) is 0 Å². The molecule has 2 rings (SSSR count). The Morgan fingerprint density at radius 2 is 1.76 bits per heavy atom. The van der Waals surface area contributed by atoms with Crippen molar-refractivity contribution in [3.63, 3.8) is 0 Å². The second kappa shape index (κ2) is 8.74. The Bertz CT molecular complexity index is 795. The van der Waals surface area contributed by atoms with E-state index in [4.69, 9.17) is 0 Å². The number of aryl methyl sites for hydroxylation is 1. The Balaban J connectivity index is 2.23. The first-order valence-corrected chi connectivity index (χ1v) is 8.44. The van der Waals surface area contributed by atoms with Crippen LogP contribution in [-0.2, 0) is 6.42 Å². The minimum Gasteiger partial charge on any atom is -0.386 e. The van der Waals surface area contributed by atoms with Crippen LogP contribution in [0.1, 0.15) is 23.6 Å². The lowest BCUT2D eigenvalue weighted by molar-refractivity contribution is 1.14. The molecule has 0 radical (unpaired) electrons. The van der Waals surface area contributed by atoms with Crippen LogP contribution < -0.4 is 10.6 Å². The zero-order valence-corrected chi connectivity index (χ0v) is 15.1. The highest BCUT2D eigenvalue weighted by atomic mass is 14.9. The molecule has 0 aliphatic carbocycles. The summed E-state index contributed by atoms with van der Waals surface area (Å²) in [6.07, 6.45) is 6.67. The van der Waals surface area contributed by atoms with Crippen molar-refractivity contribution in [2.45, 2.75) is 13.3 Å². The molecule has 0 fully saturated rings.